The average Bonchev–Trinajstić information content (AvgIpc) is 1.59. The molecule has 0 heterocycles. The zero-order valence-electron chi connectivity index (χ0n) is 4.42. The fraction of sp³-hybridized carbons (Fsp3) is 0. The zero-order valence-corrected chi connectivity index (χ0v) is 5.24. The Hall–Kier alpha value is -1.22. The van der Waals surface area contributed by atoms with Crippen molar-refractivity contribution in [2.24, 2.45) is 5.73 Å². The van der Waals surface area contributed by atoms with Gasteiger partial charge in [-0.1, -0.05) is 0 Å². The van der Waals surface area contributed by atoms with Crippen molar-refractivity contribution >= 4 is 17.3 Å². The van der Waals surface area contributed by atoms with Crippen molar-refractivity contribution in [1.82, 2.24) is 4.41 Å². The number of carbonyl (C=O) groups excluding carboxylic acids is 1. The van der Waals surface area contributed by atoms with E-state index in [2.05, 4.69) is 5.73 Å². The average molecular weight is 168 g/mol. The number of hydrogen-bond acceptors (Lipinski definition) is 5. The molecule has 0 bridgehead atoms. The first-order chi connectivity index (χ1) is 4.46. The number of hydrogen-bond donors (Lipinski definition) is 1. The lowest BCUT2D eigenvalue weighted by atomic mass is 11.1. The van der Waals surface area contributed by atoms with E-state index in [0.717, 1.165) is 0 Å². The Labute approximate surface area is 57.1 Å². The lowest BCUT2D eigenvalue weighted by Gasteiger charge is -2.09. The SMILES string of the molecule is NC(=O)N([N+](=O)[O-])S(=O)[O-]. The molecule has 0 radical (unpaired) electrons. The molecule has 0 aliphatic heterocycles. The van der Waals surface area contributed by atoms with Crippen molar-refractivity contribution in [3.63, 3.8) is 0 Å². The van der Waals surface area contributed by atoms with Crippen LogP contribution >= 0.6 is 0 Å². The van der Waals surface area contributed by atoms with Crippen LogP contribution in [0.3, 0.4) is 0 Å². The lowest BCUT2D eigenvalue weighted by molar-refractivity contribution is -0.598. The van der Waals surface area contributed by atoms with E-state index >= 15 is 0 Å². The predicted molar refractivity (Wildman–Crippen MR) is 27.3 cm³/mol. The van der Waals surface area contributed by atoms with Gasteiger partial charge >= 0.3 is 6.03 Å². The first-order valence-electron chi connectivity index (χ1n) is 1.80. The fourth-order valence-electron chi connectivity index (χ4n) is 0.208. The summed E-state index contributed by atoms with van der Waals surface area (Å²) in [6, 6.07) is -1.65. The molecular weight excluding hydrogens is 166 g/mol. The molecule has 58 valence electrons. The molecule has 0 aromatic heterocycles. The van der Waals surface area contributed by atoms with Crippen molar-refractivity contribution in [2.75, 3.05) is 0 Å². The molecule has 10 heavy (non-hydrogen) atoms. The molecule has 9 heteroatoms. The van der Waals surface area contributed by atoms with Gasteiger partial charge in [-0.2, -0.15) is 0 Å². The minimum absolute atomic E-state index is 0.722. The summed E-state index contributed by atoms with van der Waals surface area (Å²) in [5.74, 6) is 0. The molecule has 1 atom stereocenters. The Kier molecular flexibility index (Phi) is 2.70. The summed E-state index contributed by atoms with van der Waals surface area (Å²) in [6.07, 6.45) is 0. The second kappa shape index (κ2) is 3.08. The first-order valence-corrected chi connectivity index (χ1v) is 2.83. The van der Waals surface area contributed by atoms with Crippen molar-refractivity contribution in [3.05, 3.63) is 10.1 Å². The molecule has 0 aliphatic rings. The summed E-state index contributed by atoms with van der Waals surface area (Å²) in [5.41, 5.74) is 4.29. The van der Waals surface area contributed by atoms with Crippen LogP contribution in [0.2, 0.25) is 0 Å². The third-order valence-electron chi connectivity index (χ3n) is 0.478. The Bertz CT molecular complexity index is 156. The van der Waals surface area contributed by atoms with E-state index in [4.69, 9.17) is 0 Å². The monoisotopic (exact) mass is 168 g/mol. The molecule has 0 spiro atoms. The van der Waals surface area contributed by atoms with Crippen LogP contribution in [0.4, 0.5) is 4.79 Å². The van der Waals surface area contributed by atoms with Crippen molar-refractivity contribution in [2.45, 2.75) is 0 Å². The maximum Gasteiger partial charge on any atom is 0.387 e. The van der Waals surface area contributed by atoms with E-state index < -0.39 is 26.7 Å². The number of carbonyl (C=O) groups is 1. The Morgan fingerprint density at radius 1 is 1.70 bits per heavy atom. The molecule has 0 aliphatic carbocycles. The molecular formula is CH2N3O5S-. The predicted octanol–water partition coefficient (Wildman–Crippen LogP) is -1.65. The van der Waals surface area contributed by atoms with E-state index in [1.54, 1.807) is 0 Å². The Morgan fingerprint density at radius 2 is 2.10 bits per heavy atom. The summed E-state index contributed by atoms with van der Waals surface area (Å²) < 4.78 is 18.8. The van der Waals surface area contributed by atoms with Gasteiger partial charge in [0, 0.05) is 4.41 Å². The Balaban J connectivity index is 4.43. The molecule has 2 amide bonds. The van der Waals surface area contributed by atoms with Crippen LogP contribution < -0.4 is 5.73 Å². The van der Waals surface area contributed by atoms with Gasteiger partial charge < -0.3 is 10.3 Å². The largest absolute Gasteiger partial charge is 0.751 e. The molecule has 8 nitrogen and oxygen atoms in total. The standard InChI is InChI=1S/CH3N3O5S/c2-1(5)3(4(6)7)10(8)9/h(H2,2,5)(H,8,9)/p-1. The van der Waals surface area contributed by atoms with Crippen LogP contribution in [0, 0.1) is 10.1 Å². The topological polar surface area (TPSA) is 130 Å². The van der Waals surface area contributed by atoms with E-state index in [9.17, 15) is 23.7 Å². The van der Waals surface area contributed by atoms with Gasteiger partial charge in [0.1, 0.15) is 11.3 Å². The van der Waals surface area contributed by atoms with Crippen LogP contribution in [-0.2, 0) is 11.3 Å². The second-order valence-corrected chi connectivity index (χ2v) is 1.85. The van der Waals surface area contributed by atoms with Crippen LogP contribution in [0.5, 0.6) is 0 Å². The van der Waals surface area contributed by atoms with Gasteiger partial charge in [0.15, 0.2) is 5.03 Å². The minimum atomic E-state index is -3.25. The maximum atomic E-state index is 9.90. The zero-order chi connectivity index (χ0) is 8.31. The summed E-state index contributed by atoms with van der Waals surface area (Å²) in [7, 11) is 0. The van der Waals surface area contributed by atoms with Gasteiger partial charge in [0.25, 0.3) is 0 Å². The number of amides is 2. The van der Waals surface area contributed by atoms with Crippen LogP contribution in [0.15, 0.2) is 0 Å². The van der Waals surface area contributed by atoms with Gasteiger partial charge in [-0.25, -0.2) is 19.1 Å². The quantitative estimate of drug-likeness (QED) is 0.300. The summed E-state index contributed by atoms with van der Waals surface area (Å²) in [4.78, 5) is 19.5. The smallest absolute Gasteiger partial charge is 0.387 e. The highest BCUT2D eigenvalue weighted by Crippen LogP contribution is 1.89. The van der Waals surface area contributed by atoms with E-state index in [-0.39, 0.29) is 0 Å². The number of rotatable bonds is 2. The van der Waals surface area contributed by atoms with Gasteiger partial charge in [-0.15, -0.1) is 0 Å². The number of hydrazine groups is 1. The normalized spacial score (nSPS) is 12.1. The van der Waals surface area contributed by atoms with E-state index in [0.29, 0.717) is 0 Å². The number of primary amides is 1. The molecule has 0 rings (SSSR count). The fourth-order valence-corrected chi connectivity index (χ4v) is 0.464. The highest BCUT2D eigenvalue weighted by molar-refractivity contribution is 7.77. The summed E-state index contributed by atoms with van der Waals surface area (Å²) in [5, 5.41) is 8.18. The van der Waals surface area contributed by atoms with Crippen molar-refractivity contribution in [1.29, 1.82) is 0 Å². The van der Waals surface area contributed by atoms with Gasteiger partial charge in [0.2, 0.25) is 0 Å². The number of nitrogens with two attached hydrogens (primary N) is 1. The number of nitro groups is 1. The number of urea groups is 1. The van der Waals surface area contributed by atoms with Crippen molar-refractivity contribution < 1.29 is 18.6 Å². The number of nitrogens with zero attached hydrogens (tertiary/aromatic N) is 2. The molecule has 0 saturated carbocycles. The van der Waals surface area contributed by atoms with Gasteiger partial charge in [-0.3, -0.25) is 0 Å². The van der Waals surface area contributed by atoms with Gasteiger partial charge in [0.05, 0.1) is 0 Å². The maximum absolute atomic E-state index is 9.90. The van der Waals surface area contributed by atoms with Gasteiger partial charge in [-0.05, 0) is 0 Å². The molecule has 0 saturated heterocycles. The third-order valence-corrected chi connectivity index (χ3v) is 1.07. The first kappa shape index (κ1) is 8.78. The third kappa shape index (κ3) is 1.95. The van der Waals surface area contributed by atoms with E-state index in [1.807, 2.05) is 0 Å². The molecule has 0 aromatic carbocycles. The van der Waals surface area contributed by atoms with Crippen LogP contribution in [-0.4, -0.2) is 24.2 Å². The van der Waals surface area contributed by atoms with Crippen LogP contribution in [0.1, 0.15) is 0 Å². The summed E-state index contributed by atoms with van der Waals surface area (Å²) >= 11 is -3.25. The molecule has 0 aromatic rings. The highest BCUT2D eigenvalue weighted by Gasteiger charge is 2.21. The van der Waals surface area contributed by atoms with Crippen molar-refractivity contribution in [3.8, 4) is 0 Å². The van der Waals surface area contributed by atoms with E-state index in [1.165, 1.54) is 0 Å². The summed E-state index contributed by atoms with van der Waals surface area (Å²) in [6.45, 7) is 0. The second-order valence-electron chi connectivity index (χ2n) is 1.07. The van der Waals surface area contributed by atoms with Crippen LogP contribution in [0.25, 0.3) is 0 Å². The molecule has 0 fully saturated rings. The lowest BCUT2D eigenvalue weighted by Crippen LogP contribution is -2.41. The minimum Gasteiger partial charge on any atom is -0.751 e. The molecule has 2 N–H and O–H groups in total. The highest BCUT2D eigenvalue weighted by atomic mass is 32.2. The molecule has 1 unspecified atom stereocenters. The Morgan fingerprint density at radius 3 is 2.10 bits per heavy atom.